The van der Waals surface area contributed by atoms with Crippen molar-refractivity contribution in [3.63, 3.8) is 0 Å². The molecule has 0 N–H and O–H groups in total. The van der Waals surface area contributed by atoms with E-state index < -0.39 is 5.97 Å². The van der Waals surface area contributed by atoms with E-state index in [4.69, 9.17) is 0 Å². The number of hydrogen-bond acceptors (Lipinski definition) is 3. The summed E-state index contributed by atoms with van der Waals surface area (Å²) in [6.45, 7) is 2.23. The minimum atomic E-state index is -1.31. The second-order valence-corrected chi connectivity index (χ2v) is 5.05. The Morgan fingerprint density at radius 3 is 1.67 bits per heavy atom. The summed E-state index contributed by atoms with van der Waals surface area (Å²) < 4.78 is 0. The van der Waals surface area contributed by atoms with Gasteiger partial charge in [-0.2, -0.15) is 0 Å². The molecular formula is C17H31KO3. The predicted octanol–water partition coefficient (Wildman–Crippen LogP) is 0.813. The molecule has 0 aliphatic carbocycles. The SMILES string of the molecule is C.CCCCCCCCCCCCC(=O)/C=C/C(=O)[O-].[K+]. The fourth-order valence-electron chi connectivity index (χ4n) is 2.03. The third kappa shape index (κ3) is 22.9. The Hall–Kier alpha value is 0.516. The molecule has 118 valence electrons. The first-order chi connectivity index (χ1) is 9.16. The van der Waals surface area contributed by atoms with Crippen molar-refractivity contribution in [3.05, 3.63) is 12.2 Å². The average molecular weight is 323 g/mol. The number of rotatable bonds is 13. The van der Waals surface area contributed by atoms with Crippen LogP contribution in [-0.2, 0) is 9.59 Å². The average Bonchev–Trinajstić information content (AvgIpc) is 2.38. The second-order valence-electron chi connectivity index (χ2n) is 5.05. The summed E-state index contributed by atoms with van der Waals surface area (Å²) in [6.07, 6.45) is 14.6. The van der Waals surface area contributed by atoms with Crippen LogP contribution in [0.4, 0.5) is 0 Å². The van der Waals surface area contributed by atoms with E-state index in [1.54, 1.807) is 0 Å². The molecule has 0 aliphatic rings. The molecule has 0 bridgehead atoms. The topological polar surface area (TPSA) is 57.2 Å². The van der Waals surface area contributed by atoms with Crippen LogP contribution in [0.15, 0.2) is 12.2 Å². The molecule has 0 spiro atoms. The number of ketones is 1. The monoisotopic (exact) mass is 322 g/mol. The maximum atomic E-state index is 11.2. The molecule has 3 nitrogen and oxygen atoms in total. The number of carboxylic acids is 1. The molecule has 0 unspecified atom stereocenters. The molecule has 0 aromatic rings. The molecule has 0 atom stereocenters. The van der Waals surface area contributed by atoms with E-state index in [-0.39, 0.29) is 64.6 Å². The van der Waals surface area contributed by atoms with Crippen molar-refractivity contribution in [1.29, 1.82) is 0 Å². The third-order valence-corrected chi connectivity index (χ3v) is 3.18. The van der Waals surface area contributed by atoms with E-state index in [0.29, 0.717) is 6.42 Å². The van der Waals surface area contributed by atoms with Crippen molar-refractivity contribution in [2.45, 2.75) is 85.0 Å². The minimum absolute atomic E-state index is 0. The molecule has 0 radical (unpaired) electrons. The van der Waals surface area contributed by atoms with Gasteiger partial charge in [-0.25, -0.2) is 0 Å². The van der Waals surface area contributed by atoms with Gasteiger partial charge < -0.3 is 9.90 Å². The summed E-state index contributed by atoms with van der Waals surface area (Å²) in [6, 6.07) is 0. The smallest absolute Gasteiger partial charge is 0.545 e. The summed E-state index contributed by atoms with van der Waals surface area (Å²) in [5.74, 6) is -1.43. The van der Waals surface area contributed by atoms with E-state index in [9.17, 15) is 14.7 Å². The molecule has 0 fully saturated rings. The van der Waals surface area contributed by atoms with Gasteiger partial charge in [0.05, 0.1) is 5.97 Å². The summed E-state index contributed by atoms with van der Waals surface area (Å²) in [5.41, 5.74) is 0. The third-order valence-electron chi connectivity index (χ3n) is 3.18. The van der Waals surface area contributed by atoms with Crippen LogP contribution >= 0.6 is 0 Å². The molecule has 4 heteroatoms. The number of carboxylic acid groups (broad SMARTS) is 1. The van der Waals surface area contributed by atoms with E-state index >= 15 is 0 Å². The van der Waals surface area contributed by atoms with Gasteiger partial charge in [0.25, 0.3) is 0 Å². The van der Waals surface area contributed by atoms with Crippen LogP contribution in [0, 0.1) is 0 Å². The zero-order chi connectivity index (χ0) is 14.3. The number of aliphatic carboxylic acids is 1. The molecule has 0 saturated heterocycles. The molecule has 21 heavy (non-hydrogen) atoms. The fourth-order valence-corrected chi connectivity index (χ4v) is 2.03. The van der Waals surface area contributed by atoms with Crippen LogP contribution in [0.1, 0.15) is 85.0 Å². The zero-order valence-corrected chi connectivity index (χ0v) is 16.3. The van der Waals surface area contributed by atoms with Crippen LogP contribution < -0.4 is 56.5 Å². The number of carbonyl (C=O) groups excluding carboxylic acids is 2. The largest absolute Gasteiger partial charge is 1.00 e. The van der Waals surface area contributed by atoms with Crippen LogP contribution in [0.3, 0.4) is 0 Å². The Balaban J connectivity index is -0.00000162. The zero-order valence-electron chi connectivity index (χ0n) is 13.2. The van der Waals surface area contributed by atoms with Gasteiger partial charge in [-0.15, -0.1) is 0 Å². The Bertz CT molecular complexity index is 275. The van der Waals surface area contributed by atoms with Crippen LogP contribution in [0.2, 0.25) is 0 Å². The molecule has 0 aromatic carbocycles. The van der Waals surface area contributed by atoms with E-state index in [1.165, 1.54) is 51.4 Å². The summed E-state index contributed by atoms with van der Waals surface area (Å²) in [5, 5.41) is 10.1. The normalized spacial score (nSPS) is 9.95. The van der Waals surface area contributed by atoms with Gasteiger partial charge >= 0.3 is 51.4 Å². The maximum absolute atomic E-state index is 11.2. The van der Waals surface area contributed by atoms with Crippen molar-refractivity contribution in [1.82, 2.24) is 0 Å². The van der Waals surface area contributed by atoms with E-state index in [1.807, 2.05) is 0 Å². The Morgan fingerprint density at radius 1 is 0.810 bits per heavy atom. The van der Waals surface area contributed by atoms with E-state index in [2.05, 4.69) is 6.92 Å². The standard InChI is InChI=1S/C16H28O3.CH4.K/c1-2-3-4-5-6-7-8-9-10-11-12-15(17)13-14-16(18)19;;/h13-14H,2-12H2,1H3,(H,18,19);1H4;/q;;+1/p-1/b14-13+;;. The Labute approximate surface area is 173 Å². The Morgan fingerprint density at radius 2 is 1.24 bits per heavy atom. The molecule has 0 aromatic heterocycles. The van der Waals surface area contributed by atoms with Crippen molar-refractivity contribution in [2.75, 3.05) is 0 Å². The van der Waals surface area contributed by atoms with E-state index in [0.717, 1.165) is 25.0 Å². The fraction of sp³-hybridized carbons (Fsp3) is 0.765. The molecule has 0 heterocycles. The summed E-state index contributed by atoms with van der Waals surface area (Å²) in [7, 11) is 0. The quantitative estimate of drug-likeness (QED) is 0.286. The molecule has 0 rings (SSSR count). The maximum Gasteiger partial charge on any atom is 1.00 e. The molecular weight excluding hydrogens is 291 g/mol. The van der Waals surface area contributed by atoms with Gasteiger partial charge in [0, 0.05) is 6.42 Å². The first-order valence-electron chi connectivity index (χ1n) is 7.58. The summed E-state index contributed by atoms with van der Waals surface area (Å²) >= 11 is 0. The first kappa shape index (κ1) is 26.4. The van der Waals surface area contributed by atoms with Gasteiger partial charge in [-0.05, 0) is 18.6 Å². The predicted molar refractivity (Wildman–Crippen MR) is 82.3 cm³/mol. The van der Waals surface area contributed by atoms with Gasteiger partial charge in [0.1, 0.15) is 0 Å². The molecule has 0 aliphatic heterocycles. The number of unbranched alkanes of at least 4 members (excludes halogenated alkanes) is 9. The number of allylic oxidation sites excluding steroid dienone is 1. The Kier molecular flexibility index (Phi) is 25.8. The summed E-state index contributed by atoms with van der Waals surface area (Å²) in [4.78, 5) is 21.3. The van der Waals surface area contributed by atoms with Crippen molar-refractivity contribution >= 4 is 11.8 Å². The van der Waals surface area contributed by atoms with Crippen molar-refractivity contribution in [3.8, 4) is 0 Å². The van der Waals surface area contributed by atoms with Crippen molar-refractivity contribution in [2.24, 2.45) is 0 Å². The van der Waals surface area contributed by atoms with Crippen LogP contribution in [-0.4, -0.2) is 11.8 Å². The second kappa shape index (κ2) is 20.5. The number of hydrogen-bond donors (Lipinski definition) is 0. The number of carbonyl (C=O) groups is 2. The van der Waals surface area contributed by atoms with Gasteiger partial charge in [-0.1, -0.05) is 72.1 Å². The van der Waals surface area contributed by atoms with Crippen molar-refractivity contribution < 1.29 is 66.1 Å². The molecule has 0 saturated carbocycles. The first-order valence-corrected chi connectivity index (χ1v) is 7.58. The van der Waals surface area contributed by atoms with Crippen LogP contribution in [0.5, 0.6) is 0 Å². The molecule has 0 amide bonds. The van der Waals surface area contributed by atoms with Gasteiger partial charge in [0.2, 0.25) is 0 Å². The van der Waals surface area contributed by atoms with Gasteiger partial charge in [-0.3, -0.25) is 4.79 Å². The van der Waals surface area contributed by atoms with Gasteiger partial charge in [0.15, 0.2) is 5.78 Å². The van der Waals surface area contributed by atoms with Crippen LogP contribution in [0.25, 0.3) is 0 Å². The minimum Gasteiger partial charge on any atom is -0.545 e.